The van der Waals surface area contributed by atoms with Crippen molar-refractivity contribution in [1.82, 2.24) is 9.78 Å². The fourth-order valence-electron chi connectivity index (χ4n) is 1.42. The lowest BCUT2D eigenvalue weighted by atomic mass is 10.2. The lowest BCUT2D eigenvalue weighted by Crippen LogP contribution is -2.01. The summed E-state index contributed by atoms with van der Waals surface area (Å²) >= 11 is 12.1. The number of aliphatic hydroxyl groups excluding tert-OH is 1. The molecule has 2 rings (SSSR count). The first-order valence-electron chi connectivity index (χ1n) is 4.76. The molecule has 5 heteroatoms. The molecule has 1 heterocycles. The Kier molecular flexibility index (Phi) is 3.49. The van der Waals surface area contributed by atoms with Gasteiger partial charge in [-0.3, -0.25) is 4.68 Å². The average molecular weight is 257 g/mol. The van der Waals surface area contributed by atoms with Crippen molar-refractivity contribution in [2.45, 2.75) is 13.2 Å². The molecule has 1 aromatic heterocycles. The number of hydrogen-bond donors (Lipinski definition) is 1. The van der Waals surface area contributed by atoms with Crippen molar-refractivity contribution < 1.29 is 5.11 Å². The van der Waals surface area contributed by atoms with E-state index >= 15 is 0 Å². The summed E-state index contributed by atoms with van der Waals surface area (Å²) in [7, 11) is 0. The number of nitrogens with zero attached hydrogens (tertiary/aromatic N) is 2. The van der Waals surface area contributed by atoms with Gasteiger partial charge in [0.15, 0.2) is 0 Å². The van der Waals surface area contributed by atoms with Gasteiger partial charge in [-0.05, 0) is 12.1 Å². The molecule has 1 aromatic carbocycles. The molecule has 0 aliphatic heterocycles. The highest BCUT2D eigenvalue weighted by Gasteiger charge is 2.06. The Morgan fingerprint density at radius 1 is 1.25 bits per heavy atom. The topological polar surface area (TPSA) is 38.1 Å². The third-order valence-electron chi connectivity index (χ3n) is 2.25. The monoisotopic (exact) mass is 256 g/mol. The van der Waals surface area contributed by atoms with Crippen LogP contribution in [0.1, 0.15) is 11.1 Å². The summed E-state index contributed by atoms with van der Waals surface area (Å²) in [6.45, 7) is 0.481. The Hall–Kier alpha value is -1.03. The van der Waals surface area contributed by atoms with Crippen LogP contribution >= 0.6 is 23.2 Å². The van der Waals surface area contributed by atoms with E-state index in [2.05, 4.69) is 5.10 Å². The normalized spacial score (nSPS) is 10.7. The first kappa shape index (κ1) is 11.5. The summed E-state index contributed by atoms with van der Waals surface area (Å²) in [5.41, 5.74) is 1.60. The highest BCUT2D eigenvalue weighted by atomic mass is 35.5. The van der Waals surface area contributed by atoms with Crippen molar-refractivity contribution in [3.63, 3.8) is 0 Å². The van der Waals surface area contributed by atoms with E-state index in [1.165, 1.54) is 0 Å². The molecule has 0 aliphatic rings. The Bertz CT molecular complexity index is 476. The highest BCUT2D eigenvalue weighted by Crippen LogP contribution is 2.24. The van der Waals surface area contributed by atoms with Crippen molar-refractivity contribution in [1.29, 1.82) is 0 Å². The summed E-state index contributed by atoms with van der Waals surface area (Å²) in [5, 5.41) is 14.3. The molecular weight excluding hydrogens is 247 g/mol. The maximum absolute atomic E-state index is 8.92. The molecular formula is C11H10Cl2N2O. The summed E-state index contributed by atoms with van der Waals surface area (Å²) in [5.74, 6) is 0. The fraction of sp³-hybridized carbons (Fsp3) is 0.182. The number of halogens is 2. The Morgan fingerprint density at radius 3 is 2.50 bits per heavy atom. The molecule has 0 aliphatic carbocycles. The van der Waals surface area contributed by atoms with Gasteiger partial charge in [-0.2, -0.15) is 5.10 Å². The van der Waals surface area contributed by atoms with Gasteiger partial charge in [0.2, 0.25) is 0 Å². The van der Waals surface area contributed by atoms with Crippen LogP contribution in [-0.4, -0.2) is 14.9 Å². The van der Waals surface area contributed by atoms with E-state index in [0.29, 0.717) is 16.6 Å². The molecule has 0 spiro atoms. The molecule has 0 bridgehead atoms. The second-order valence-corrected chi connectivity index (χ2v) is 4.22. The van der Waals surface area contributed by atoms with Gasteiger partial charge in [-0.1, -0.05) is 29.3 Å². The maximum Gasteiger partial charge on any atom is 0.0712 e. The van der Waals surface area contributed by atoms with E-state index in [0.717, 1.165) is 11.1 Å². The molecule has 0 saturated heterocycles. The average Bonchev–Trinajstić information content (AvgIpc) is 2.71. The van der Waals surface area contributed by atoms with Crippen LogP contribution in [0, 0.1) is 0 Å². The first-order valence-corrected chi connectivity index (χ1v) is 5.51. The molecule has 3 nitrogen and oxygen atoms in total. The number of aromatic nitrogens is 2. The standard InChI is InChI=1S/C11H10Cl2N2O/c12-10-2-1-3-11(13)9(10)6-15-5-8(7-16)4-14-15/h1-5,16H,6-7H2. The van der Waals surface area contributed by atoms with Gasteiger partial charge in [0.05, 0.1) is 19.3 Å². The van der Waals surface area contributed by atoms with E-state index in [4.69, 9.17) is 28.3 Å². The van der Waals surface area contributed by atoms with Crippen molar-refractivity contribution in [3.05, 3.63) is 51.8 Å². The minimum atomic E-state index is -0.0176. The summed E-state index contributed by atoms with van der Waals surface area (Å²) in [6.07, 6.45) is 3.38. The summed E-state index contributed by atoms with van der Waals surface area (Å²) in [6, 6.07) is 5.38. The Morgan fingerprint density at radius 2 is 1.94 bits per heavy atom. The van der Waals surface area contributed by atoms with Gasteiger partial charge in [0.25, 0.3) is 0 Å². The van der Waals surface area contributed by atoms with Crippen LogP contribution in [0.5, 0.6) is 0 Å². The SMILES string of the molecule is OCc1cnn(Cc2c(Cl)cccc2Cl)c1. The van der Waals surface area contributed by atoms with Gasteiger partial charge in [0.1, 0.15) is 0 Å². The molecule has 0 amide bonds. The van der Waals surface area contributed by atoms with Gasteiger partial charge < -0.3 is 5.11 Å². The number of benzene rings is 1. The summed E-state index contributed by atoms with van der Waals surface area (Å²) < 4.78 is 1.69. The van der Waals surface area contributed by atoms with Crippen LogP contribution in [0.4, 0.5) is 0 Å². The van der Waals surface area contributed by atoms with Crippen LogP contribution in [0.25, 0.3) is 0 Å². The number of rotatable bonds is 3. The number of aliphatic hydroxyl groups is 1. The van der Waals surface area contributed by atoms with Crippen molar-refractivity contribution >= 4 is 23.2 Å². The minimum Gasteiger partial charge on any atom is -0.392 e. The predicted molar refractivity (Wildman–Crippen MR) is 63.7 cm³/mol. The van der Waals surface area contributed by atoms with E-state index in [-0.39, 0.29) is 6.61 Å². The van der Waals surface area contributed by atoms with Crippen LogP contribution in [0.3, 0.4) is 0 Å². The fourth-order valence-corrected chi connectivity index (χ4v) is 1.94. The third kappa shape index (κ3) is 2.38. The molecule has 0 radical (unpaired) electrons. The molecule has 16 heavy (non-hydrogen) atoms. The van der Waals surface area contributed by atoms with Gasteiger partial charge >= 0.3 is 0 Å². The van der Waals surface area contributed by atoms with Crippen molar-refractivity contribution in [2.75, 3.05) is 0 Å². The van der Waals surface area contributed by atoms with Crippen LogP contribution in [-0.2, 0) is 13.2 Å². The molecule has 0 atom stereocenters. The Balaban J connectivity index is 2.26. The Labute approximate surface area is 103 Å². The zero-order chi connectivity index (χ0) is 11.5. The first-order chi connectivity index (χ1) is 7.70. The maximum atomic E-state index is 8.92. The second-order valence-electron chi connectivity index (χ2n) is 3.40. The van der Waals surface area contributed by atoms with E-state index in [1.54, 1.807) is 35.3 Å². The zero-order valence-electron chi connectivity index (χ0n) is 8.40. The molecule has 0 unspecified atom stereocenters. The number of hydrogen-bond acceptors (Lipinski definition) is 2. The lowest BCUT2D eigenvalue weighted by Gasteiger charge is -2.06. The molecule has 0 fully saturated rings. The van der Waals surface area contributed by atoms with Crippen LogP contribution in [0.15, 0.2) is 30.6 Å². The molecule has 1 N–H and O–H groups in total. The smallest absolute Gasteiger partial charge is 0.0712 e. The molecule has 84 valence electrons. The predicted octanol–water partition coefficient (Wildman–Crippen LogP) is 2.73. The molecule has 0 saturated carbocycles. The van der Waals surface area contributed by atoms with Crippen LogP contribution < -0.4 is 0 Å². The van der Waals surface area contributed by atoms with E-state index in [1.807, 2.05) is 0 Å². The lowest BCUT2D eigenvalue weighted by molar-refractivity contribution is 0.281. The third-order valence-corrected chi connectivity index (χ3v) is 2.96. The van der Waals surface area contributed by atoms with E-state index in [9.17, 15) is 0 Å². The molecule has 2 aromatic rings. The zero-order valence-corrected chi connectivity index (χ0v) is 9.91. The highest BCUT2D eigenvalue weighted by molar-refractivity contribution is 6.35. The quantitative estimate of drug-likeness (QED) is 0.918. The minimum absolute atomic E-state index is 0.0176. The van der Waals surface area contributed by atoms with Crippen LogP contribution in [0.2, 0.25) is 10.0 Å². The van der Waals surface area contributed by atoms with E-state index < -0.39 is 0 Å². The van der Waals surface area contributed by atoms with Gasteiger partial charge in [-0.15, -0.1) is 0 Å². The summed E-state index contributed by atoms with van der Waals surface area (Å²) in [4.78, 5) is 0. The second kappa shape index (κ2) is 4.87. The van der Waals surface area contributed by atoms with Crippen molar-refractivity contribution in [2.24, 2.45) is 0 Å². The van der Waals surface area contributed by atoms with Gasteiger partial charge in [0, 0.05) is 27.4 Å². The van der Waals surface area contributed by atoms with Crippen molar-refractivity contribution in [3.8, 4) is 0 Å². The van der Waals surface area contributed by atoms with Gasteiger partial charge in [-0.25, -0.2) is 0 Å². The largest absolute Gasteiger partial charge is 0.392 e.